The van der Waals surface area contributed by atoms with Crippen molar-refractivity contribution in [2.45, 2.75) is 6.54 Å². The molecule has 1 amide bonds. The number of thiophene rings is 1. The molecular weight excluding hydrogens is 306 g/mol. The van der Waals surface area contributed by atoms with E-state index in [9.17, 15) is 9.59 Å². The van der Waals surface area contributed by atoms with E-state index in [0.29, 0.717) is 17.0 Å². The molecule has 0 unspecified atom stereocenters. The number of benzene rings is 2. The van der Waals surface area contributed by atoms with E-state index in [4.69, 9.17) is 0 Å². The van der Waals surface area contributed by atoms with Crippen molar-refractivity contribution in [2.75, 3.05) is 0 Å². The van der Waals surface area contributed by atoms with Crippen LogP contribution in [0.1, 0.15) is 25.6 Å². The highest BCUT2D eigenvalue weighted by Crippen LogP contribution is 2.28. The quantitative estimate of drug-likeness (QED) is 0.717. The van der Waals surface area contributed by atoms with E-state index in [1.807, 2.05) is 53.9 Å². The molecule has 3 aromatic rings. The summed E-state index contributed by atoms with van der Waals surface area (Å²) in [5.41, 5.74) is 3.51. The normalized spacial score (nSPS) is 10.3. The first-order valence-corrected chi connectivity index (χ1v) is 8.11. The van der Waals surface area contributed by atoms with Crippen LogP contribution in [0.15, 0.2) is 66.0 Å². The number of hydrogen-bond donors (Lipinski definition) is 1. The van der Waals surface area contributed by atoms with Gasteiger partial charge in [0.2, 0.25) is 0 Å². The minimum atomic E-state index is -0.0849. The van der Waals surface area contributed by atoms with Gasteiger partial charge in [-0.2, -0.15) is 0 Å². The van der Waals surface area contributed by atoms with Crippen molar-refractivity contribution in [3.63, 3.8) is 0 Å². The van der Waals surface area contributed by atoms with Crippen LogP contribution in [-0.2, 0) is 6.54 Å². The second kappa shape index (κ2) is 7.03. The Kier molecular flexibility index (Phi) is 4.64. The van der Waals surface area contributed by atoms with Crippen LogP contribution in [0.2, 0.25) is 0 Å². The zero-order valence-corrected chi connectivity index (χ0v) is 13.2. The van der Waals surface area contributed by atoms with Crippen LogP contribution in [0, 0.1) is 0 Å². The van der Waals surface area contributed by atoms with E-state index >= 15 is 0 Å². The molecular formula is C19H15NO2S. The predicted molar refractivity (Wildman–Crippen MR) is 92.8 cm³/mol. The fraction of sp³-hybridized carbons (Fsp3) is 0.0526. The summed E-state index contributed by atoms with van der Waals surface area (Å²) >= 11 is 1.42. The van der Waals surface area contributed by atoms with E-state index in [2.05, 4.69) is 5.32 Å². The molecule has 0 fully saturated rings. The first kappa shape index (κ1) is 15.2. The Morgan fingerprint density at radius 2 is 1.74 bits per heavy atom. The first-order chi connectivity index (χ1) is 11.3. The van der Waals surface area contributed by atoms with Gasteiger partial charge < -0.3 is 5.32 Å². The molecule has 0 aliphatic carbocycles. The Hall–Kier alpha value is -2.72. The van der Waals surface area contributed by atoms with Gasteiger partial charge in [-0.1, -0.05) is 54.6 Å². The maximum atomic E-state index is 12.4. The highest BCUT2D eigenvalue weighted by atomic mass is 32.1. The Morgan fingerprint density at radius 1 is 1.00 bits per heavy atom. The summed E-state index contributed by atoms with van der Waals surface area (Å²) in [5.74, 6) is -0.0849. The van der Waals surface area contributed by atoms with E-state index in [1.165, 1.54) is 11.3 Å². The predicted octanol–water partition coefficient (Wildman–Crippen LogP) is 4.16. The fourth-order valence-electron chi connectivity index (χ4n) is 2.31. The smallest absolute Gasteiger partial charge is 0.262 e. The van der Waals surface area contributed by atoms with Gasteiger partial charge in [-0.3, -0.25) is 9.59 Å². The zero-order valence-electron chi connectivity index (χ0n) is 12.4. The average Bonchev–Trinajstić information content (AvgIpc) is 3.10. The number of rotatable bonds is 5. The van der Waals surface area contributed by atoms with Crippen LogP contribution in [0.5, 0.6) is 0 Å². The molecule has 0 atom stereocenters. The van der Waals surface area contributed by atoms with Gasteiger partial charge in [0.25, 0.3) is 5.91 Å². The molecule has 1 heterocycles. The summed E-state index contributed by atoms with van der Waals surface area (Å²) in [6.07, 6.45) is 0.810. The number of hydrogen-bond acceptors (Lipinski definition) is 3. The largest absolute Gasteiger partial charge is 0.347 e. The van der Waals surface area contributed by atoms with Crippen molar-refractivity contribution in [2.24, 2.45) is 0 Å². The number of amides is 1. The Bertz CT molecular complexity index is 807. The van der Waals surface area contributed by atoms with Gasteiger partial charge in [-0.15, -0.1) is 11.3 Å². The standard InChI is InChI=1S/C19H15NO2S/c21-13-15-6-8-16(9-7-15)17-10-11-23-18(17)19(22)20-12-14-4-2-1-3-5-14/h1-11,13H,12H2,(H,20,22). The van der Waals surface area contributed by atoms with E-state index in [0.717, 1.165) is 23.0 Å². The molecule has 1 N–H and O–H groups in total. The van der Waals surface area contributed by atoms with Gasteiger partial charge in [-0.05, 0) is 22.6 Å². The minimum Gasteiger partial charge on any atom is -0.347 e. The molecule has 3 nitrogen and oxygen atoms in total. The highest BCUT2D eigenvalue weighted by molar-refractivity contribution is 7.12. The van der Waals surface area contributed by atoms with Gasteiger partial charge in [-0.25, -0.2) is 0 Å². The lowest BCUT2D eigenvalue weighted by molar-refractivity contribution is 0.0955. The second-order valence-electron chi connectivity index (χ2n) is 5.07. The number of carbonyl (C=O) groups excluding carboxylic acids is 2. The maximum Gasteiger partial charge on any atom is 0.262 e. The highest BCUT2D eigenvalue weighted by Gasteiger charge is 2.14. The molecule has 0 aliphatic rings. The molecule has 4 heteroatoms. The SMILES string of the molecule is O=Cc1ccc(-c2ccsc2C(=O)NCc2ccccc2)cc1. The average molecular weight is 321 g/mol. The van der Waals surface area contributed by atoms with Gasteiger partial charge in [0.1, 0.15) is 6.29 Å². The first-order valence-electron chi connectivity index (χ1n) is 7.23. The summed E-state index contributed by atoms with van der Waals surface area (Å²) in [6, 6.07) is 19.0. The van der Waals surface area contributed by atoms with Crippen molar-refractivity contribution in [1.82, 2.24) is 5.32 Å². The minimum absolute atomic E-state index is 0.0849. The van der Waals surface area contributed by atoms with Crippen molar-refractivity contribution < 1.29 is 9.59 Å². The molecule has 23 heavy (non-hydrogen) atoms. The van der Waals surface area contributed by atoms with Crippen LogP contribution in [-0.4, -0.2) is 12.2 Å². The van der Waals surface area contributed by atoms with Crippen LogP contribution >= 0.6 is 11.3 Å². The molecule has 2 aromatic carbocycles. The topological polar surface area (TPSA) is 46.2 Å². The molecule has 0 spiro atoms. The fourth-order valence-corrected chi connectivity index (χ4v) is 3.14. The van der Waals surface area contributed by atoms with E-state index in [-0.39, 0.29) is 5.91 Å². The van der Waals surface area contributed by atoms with E-state index in [1.54, 1.807) is 12.1 Å². The Balaban J connectivity index is 1.76. The summed E-state index contributed by atoms with van der Waals surface area (Å²) in [4.78, 5) is 23.9. The van der Waals surface area contributed by atoms with Gasteiger partial charge in [0, 0.05) is 17.7 Å². The number of aldehydes is 1. The van der Waals surface area contributed by atoms with Gasteiger partial charge in [0.15, 0.2) is 0 Å². The third-order valence-corrected chi connectivity index (χ3v) is 4.44. The van der Waals surface area contributed by atoms with Gasteiger partial charge in [0.05, 0.1) is 4.88 Å². The molecule has 0 bridgehead atoms. The molecule has 114 valence electrons. The number of nitrogens with one attached hydrogen (secondary N) is 1. The van der Waals surface area contributed by atoms with Crippen molar-refractivity contribution in [3.8, 4) is 11.1 Å². The monoisotopic (exact) mass is 321 g/mol. The van der Waals surface area contributed by atoms with Crippen molar-refractivity contribution in [3.05, 3.63) is 82.0 Å². The maximum absolute atomic E-state index is 12.4. The van der Waals surface area contributed by atoms with Crippen molar-refractivity contribution in [1.29, 1.82) is 0 Å². The zero-order chi connectivity index (χ0) is 16.1. The van der Waals surface area contributed by atoms with Crippen LogP contribution in [0.25, 0.3) is 11.1 Å². The molecule has 1 aromatic heterocycles. The number of carbonyl (C=O) groups is 2. The third kappa shape index (κ3) is 3.55. The summed E-state index contributed by atoms with van der Waals surface area (Å²) in [5, 5.41) is 4.85. The molecule has 0 radical (unpaired) electrons. The van der Waals surface area contributed by atoms with Crippen LogP contribution in [0.4, 0.5) is 0 Å². The van der Waals surface area contributed by atoms with Gasteiger partial charge >= 0.3 is 0 Å². The van der Waals surface area contributed by atoms with Crippen molar-refractivity contribution >= 4 is 23.5 Å². The lowest BCUT2D eigenvalue weighted by atomic mass is 10.0. The lowest BCUT2D eigenvalue weighted by Gasteiger charge is -2.07. The molecule has 3 rings (SSSR count). The summed E-state index contributed by atoms with van der Waals surface area (Å²) in [6.45, 7) is 0.501. The van der Waals surface area contributed by atoms with Crippen LogP contribution in [0.3, 0.4) is 0 Å². The second-order valence-corrected chi connectivity index (χ2v) is 5.99. The molecule has 0 saturated carbocycles. The Morgan fingerprint density at radius 3 is 2.43 bits per heavy atom. The summed E-state index contributed by atoms with van der Waals surface area (Å²) < 4.78 is 0. The molecule has 0 aliphatic heterocycles. The summed E-state index contributed by atoms with van der Waals surface area (Å²) in [7, 11) is 0. The van der Waals surface area contributed by atoms with E-state index < -0.39 is 0 Å². The van der Waals surface area contributed by atoms with Crippen LogP contribution < -0.4 is 5.32 Å². The third-order valence-electron chi connectivity index (χ3n) is 3.53. The Labute approximate surface area is 138 Å². The molecule has 0 saturated heterocycles. The lowest BCUT2D eigenvalue weighted by Crippen LogP contribution is -2.22.